The third-order valence-electron chi connectivity index (χ3n) is 2.26. The topological polar surface area (TPSA) is 47.2 Å². The van der Waals surface area contributed by atoms with Crippen molar-refractivity contribution in [2.45, 2.75) is 0 Å². The van der Waals surface area contributed by atoms with Crippen LogP contribution in [0.15, 0.2) is 23.0 Å². The maximum Gasteiger partial charge on any atom is 0.328 e. The predicted octanol–water partition coefficient (Wildman–Crippen LogP) is 0.583. The molecule has 0 saturated carbocycles. The van der Waals surface area contributed by atoms with Crippen LogP contribution in [0, 0.1) is 0 Å². The number of nitrogens with zero attached hydrogens (tertiary/aromatic N) is 2. The predicted molar refractivity (Wildman–Crippen MR) is 49.8 cm³/mol. The van der Waals surface area contributed by atoms with Gasteiger partial charge in [0, 0.05) is 14.1 Å². The van der Waals surface area contributed by atoms with Gasteiger partial charge in [-0.1, -0.05) is 6.07 Å². The van der Waals surface area contributed by atoms with Crippen molar-refractivity contribution in [1.82, 2.24) is 9.13 Å². The molecule has 2 aromatic rings. The lowest BCUT2D eigenvalue weighted by Crippen LogP contribution is -2.19. The Morgan fingerprint density at radius 1 is 1.23 bits per heavy atom. The summed E-state index contributed by atoms with van der Waals surface area (Å²) in [5, 5.41) is 9.52. The molecule has 1 aromatic heterocycles. The highest BCUT2D eigenvalue weighted by Crippen LogP contribution is 2.21. The van der Waals surface area contributed by atoms with Crippen molar-refractivity contribution in [3.05, 3.63) is 28.7 Å². The molecule has 2 rings (SSSR count). The van der Waals surface area contributed by atoms with Gasteiger partial charge in [-0.25, -0.2) is 4.79 Å². The van der Waals surface area contributed by atoms with Gasteiger partial charge in [0.1, 0.15) is 11.3 Å². The molecule has 4 nitrogen and oxygen atoms in total. The van der Waals surface area contributed by atoms with E-state index in [1.54, 1.807) is 32.3 Å². The van der Waals surface area contributed by atoms with Crippen molar-refractivity contribution in [2.24, 2.45) is 14.1 Å². The molecule has 0 aliphatic carbocycles. The average molecular weight is 178 g/mol. The van der Waals surface area contributed by atoms with Crippen molar-refractivity contribution in [3.8, 4) is 5.75 Å². The zero-order valence-electron chi connectivity index (χ0n) is 7.48. The van der Waals surface area contributed by atoms with E-state index in [0.717, 1.165) is 5.52 Å². The van der Waals surface area contributed by atoms with E-state index < -0.39 is 0 Å². The van der Waals surface area contributed by atoms with Gasteiger partial charge in [-0.3, -0.25) is 9.13 Å². The number of para-hydroxylation sites is 1. The van der Waals surface area contributed by atoms with Gasteiger partial charge in [-0.2, -0.15) is 0 Å². The number of aryl methyl sites for hydroxylation is 2. The van der Waals surface area contributed by atoms with Crippen LogP contribution in [0.5, 0.6) is 5.75 Å². The molecule has 13 heavy (non-hydrogen) atoms. The molecule has 1 aromatic carbocycles. The third-order valence-corrected chi connectivity index (χ3v) is 2.26. The zero-order valence-corrected chi connectivity index (χ0v) is 7.48. The lowest BCUT2D eigenvalue weighted by Gasteiger charge is -1.96. The number of hydrogen-bond donors (Lipinski definition) is 1. The summed E-state index contributed by atoms with van der Waals surface area (Å²) < 4.78 is 2.94. The Morgan fingerprint density at radius 3 is 2.54 bits per heavy atom. The van der Waals surface area contributed by atoms with Gasteiger partial charge in [0.05, 0.1) is 5.52 Å². The van der Waals surface area contributed by atoms with Crippen molar-refractivity contribution in [2.75, 3.05) is 0 Å². The van der Waals surface area contributed by atoms with Gasteiger partial charge in [0.2, 0.25) is 0 Å². The molecule has 4 heteroatoms. The van der Waals surface area contributed by atoms with E-state index in [1.807, 2.05) is 0 Å². The molecular weight excluding hydrogens is 168 g/mol. The van der Waals surface area contributed by atoms with E-state index in [2.05, 4.69) is 0 Å². The summed E-state index contributed by atoms with van der Waals surface area (Å²) in [4.78, 5) is 11.5. The molecule has 0 aliphatic rings. The number of phenolic OH excluding ortho intramolecular Hbond substituents is 1. The monoisotopic (exact) mass is 178 g/mol. The fourth-order valence-electron chi connectivity index (χ4n) is 1.56. The average Bonchev–Trinajstić information content (AvgIpc) is 2.33. The van der Waals surface area contributed by atoms with E-state index >= 15 is 0 Å². The number of imidazole rings is 1. The van der Waals surface area contributed by atoms with Crippen molar-refractivity contribution >= 4 is 11.0 Å². The van der Waals surface area contributed by atoms with Gasteiger partial charge in [-0.05, 0) is 12.1 Å². The maximum absolute atomic E-state index is 11.5. The largest absolute Gasteiger partial charge is 0.506 e. The number of aromatic nitrogens is 2. The van der Waals surface area contributed by atoms with Crippen LogP contribution in [0.25, 0.3) is 11.0 Å². The molecule has 68 valence electrons. The second-order valence-electron chi connectivity index (χ2n) is 3.05. The molecule has 1 N–H and O–H groups in total. The Balaban J connectivity index is 3.12. The standard InChI is InChI=1S/C9H10N2O2/c1-10-6-4-3-5-7(12)8(6)11(2)9(10)13/h3-5,12H,1-2H3. The lowest BCUT2D eigenvalue weighted by molar-refractivity contribution is 0.478. The molecule has 0 amide bonds. The SMILES string of the molecule is Cn1c(=O)n(C)c2c(O)cccc21. The number of fused-ring (bicyclic) bond motifs is 1. The molecular formula is C9H10N2O2. The van der Waals surface area contributed by atoms with Crippen LogP contribution in [0.4, 0.5) is 0 Å². The van der Waals surface area contributed by atoms with Gasteiger partial charge in [-0.15, -0.1) is 0 Å². The highest BCUT2D eigenvalue weighted by Gasteiger charge is 2.09. The molecule has 0 aliphatic heterocycles. The number of benzene rings is 1. The minimum absolute atomic E-state index is 0.128. The Labute approximate surface area is 74.6 Å². The summed E-state index contributed by atoms with van der Waals surface area (Å²) in [6.45, 7) is 0. The van der Waals surface area contributed by atoms with Crippen molar-refractivity contribution in [1.29, 1.82) is 0 Å². The molecule has 0 saturated heterocycles. The van der Waals surface area contributed by atoms with E-state index in [-0.39, 0.29) is 11.4 Å². The number of phenols is 1. The first-order valence-electron chi connectivity index (χ1n) is 3.96. The lowest BCUT2D eigenvalue weighted by atomic mass is 10.3. The Bertz CT molecular complexity index is 522. The van der Waals surface area contributed by atoms with Gasteiger partial charge in [0.25, 0.3) is 0 Å². The fraction of sp³-hybridized carbons (Fsp3) is 0.222. The molecule has 0 fully saturated rings. The van der Waals surface area contributed by atoms with Gasteiger partial charge >= 0.3 is 5.69 Å². The molecule has 0 bridgehead atoms. The fourth-order valence-corrected chi connectivity index (χ4v) is 1.56. The third kappa shape index (κ3) is 0.884. The van der Waals surface area contributed by atoms with Gasteiger partial charge in [0.15, 0.2) is 0 Å². The molecule has 0 radical (unpaired) electrons. The molecule has 1 heterocycles. The molecule has 0 unspecified atom stereocenters. The minimum atomic E-state index is -0.128. The van der Waals surface area contributed by atoms with Crippen LogP contribution in [-0.2, 0) is 14.1 Å². The summed E-state index contributed by atoms with van der Waals surface area (Å²) in [6.07, 6.45) is 0. The second kappa shape index (κ2) is 2.39. The van der Waals surface area contributed by atoms with Gasteiger partial charge < -0.3 is 5.11 Å². The Morgan fingerprint density at radius 2 is 1.92 bits per heavy atom. The normalized spacial score (nSPS) is 10.9. The summed E-state index contributed by atoms with van der Waals surface area (Å²) in [5.74, 6) is 0.137. The first-order chi connectivity index (χ1) is 6.13. The smallest absolute Gasteiger partial charge is 0.328 e. The number of rotatable bonds is 0. The van der Waals surface area contributed by atoms with Crippen LogP contribution in [0.2, 0.25) is 0 Å². The minimum Gasteiger partial charge on any atom is -0.506 e. The Hall–Kier alpha value is -1.71. The Kier molecular flexibility index (Phi) is 1.45. The summed E-state index contributed by atoms with van der Waals surface area (Å²) >= 11 is 0. The van der Waals surface area contributed by atoms with E-state index in [1.165, 1.54) is 9.13 Å². The number of aromatic hydroxyl groups is 1. The van der Waals surface area contributed by atoms with Crippen LogP contribution < -0.4 is 5.69 Å². The van der Waals surface area contributed by atoms with Crippen molar-refractivity contribution in [3.63, 3.8) is 0 Å². The number of hydrogen-bond acceptors (Lipinski definition) is 2. The quantitative estimate of drug-likeness (QED) is 0.641. The summed E-state index contributed by atoms with van der Waals surface area (Å²) in [7, 11) is 3.33. The van der Waals surface area contributed by atoms with Crippen LogP contribution in [0.3, 0.4) is 0 Å². The van der Waals surface area contributed by atoms with Crippen molar-refractivity contribution < 1.29 is 5.11 Å². The van der Waals surface area contributed by atoms with Crippen LogP contribution >= 0.6 is 0 Å². The summed E-state index contributed by atoms with van der Waals surface area (Å²) in [5.41, 5.74) is 1.19. The second-order valence-corrected chi connectivity index (χ2v) is 3.05. The maximum atomic E-state index is 11.5. The van der Waals surface area contributed by atoms with Crippen LogP contribution in [-0.4, -0.2) is 14.2 Å². The zero-order chi connectivity index (χ0) is 9.59. The van der Waals surface area contributed by atoms with Crippen LogP contribution in [0.1, 0.15) is 0 Å². The highest BCUT2D eigenvalue weighted by atomic mass is 16.3. The first kappa shape index (κ1) is 7.91. The molecule has 0 atom stereocenters. The van der Waals surface area contributed by atoms with E-state index in [9.17, 15) is 9.90 Å². The highest BCUT2D eigenvalue weighted by molar-refractivity contribution is 5.82. The summed E-state index contributed by atoms with van der Waals surface area (Å²) in [6, 6.07) is 5.09. The van der Waals surface area contributed by atoms with E-state index in [0.29, 0.717) is 5.52 Å². The first-order valence-corrected chi connectivity index (χ1v) is 3.96. The van der Waals surface area contributed by atoms with E-state index in [4.69, 9.17) is 0 Å². The molecule has 0 spiro atoms.